The van der Waals surface area contributed by atoms with Gasteiger partial charge in [0.05, 0.1) is 4.90 Å². The molecule has 0 radical (unpaired) electrons. The molecule has 0 aliphatic carbocycles. The van der Waals surface area contributed by atoms with Crippen LogP contribution in [0, 0.1) is 13.8 Å². The largest absolute Gasteiger partial charge is 0.457 e. The first kappa shape index (κ1) is 23.2. The van der Waals surface area contributed by atoms with Crippen molar-refractivity contribution < 1.29 is 22.7 Å². The molecule has 0 spiro atoms. The van der Waals surface area contributed by atoms with Gasteiger partial charge < -0.3 is 4.74 Å². The van der Waals surface area contributed by atoms with Crippen LogP contribution in [-0.2, 0) is 26.0 Å². The Balaban J connectivity index is 1.50. The standard InChI is InChI=1S/C24H29NO5S/c1-18-6-7-19(2)22(16-18)23(26)17-30-24(27)13-10-20-8-11-21(12-9-20)31(28,29)25-14-4-3-5-15-25/h6-9,11-12,16H,3-5,10,13-15,17H2,1-2H3. The van der Waals surface area contributed by atoms with Gasteiger partial charge in [0.1, 0.15) is 0 Å². The second-order valence-electron chi connectivity index (χ2n) is 8.01. The van der Waals surface area contributed by atoms with Crippen LogP contribution in [0.1, 0.15) is 52.7 Å². The first-order valence-electron chi connectivity index (χ1n) is 10.6. The zero-order valence-electron chi connectivity index (χ0n) is 18.1. The third-order valence-electron chi connectivity index (χ3n) is 5.55. The zero-order valence-corrected chi connectivity index (χ0v) is 18.9. The lowest BCUT2D eigenvalue weighted by atomic mass is 10.0. The van der Waals surface area contributed by atoms with Gasteiger partial charge >= 0.3 is 5.97 Å². The van der Waals surface area contributed by atoms with Crippen molar-refractivity contribution in [3.8, 4) is 0 Å². The fourth-order valence-electron chi connectivity index (χ4n) is 3.66. The molecular formula is C24H29NO5S. The molecule has 1 aliphatic heterocycles. The smallest absolute Gasteiger partial charge is 0.306 e. The highest BCUT2D eigenvalue weighted by Crippen LogP contribution is 2.21. The Labute approximate surface area is 184 Å². The van der Waals surface area contributed by atoms with E-state index in [0.29, 0.717) is 25.1 Å². The molecule has 166 valence electrons. The summed E-state index contributed by atoms with van der Waals surface area (Å²) in [4.78, 5) is 24.7. The van der Waals surface area contributed by atoms with E-state index in [1.54, 1.807) is 30.3 Å². The predicted molar refractivity (Wildman–Crippen MR) is 119 cm³/mol. The minimum Gasteiger partial charge on any atom is -0.457 e. The summed E-state index contributed by atoms with van der Waals surface area (Å²) in [6.45, 7) is 4.61. The molecule has 0 aromatic heterocycles. The minimum absolute atomic E-state index is 0.123. The number of rotatable bonds is 8. The number of Topliss-reactive ketones (excluding diaryl/α,β-unsaturated/α-hetero) is 1. The first-order valence-corrected chi connectivity index (χ1v) is 12.1. The number of piperidine rings is 1. The molecule has 0 N–H and O–H groups in total. The van der Waals surface area contributed by atoms with E-state index in [2.05, 4.69) is 0 Å². The Morgan fingerprint density at radius 2 is 1.65 bits per heavy atom. The zero-order chi connectivity index (χ0) is 22.4. The number of ketones is 1. The number of esters is 1. The lowest BCUT2D eigenvalue weighted by molar-refractivity contribution is -0.142. The molecule has 2 aromatic carbocycles. The van der Waals surface area contributed by atoms with Gasteiger partial charge in [0.25, 0.3) is 0 Å². The number of hydrogen-bond donors (Lipinski definition) is 0. The summed E-state index contributed by atoms with van der Waals surface area (Å²) in [5.41, 5.74) is 3.24. The molecule has 1 saturated heterocycles. The van der Waals surface area contributed by atoms with Crippen LogP contribution in [0.4, 0.5) is 0 Å². The van der Waals surface area contributed by atoms with Crippen LogP contribution in [0.5, 0.6) is 0 Å². The third kappa shape index (κ3) is 6.02. The number of aryl methyl sites for hydroxylation is 3. The summed E-state index contributed by atoms with van der Waals surface area (Å²) in [5, 5.41) is 0. The highest BCUT2D eigenvalue weighted by atomic mass is 32.2. The molecule has 7 heteroatoms. The van der Waals surface area contributed by atoms with Gasteiger partial charge in [-0.2, -0.15) is 4.31 Å². The van der Waals surface area contributed by atoms with E-state index in [9.17, 15) is 18.0 Å². The van der Waals surface area contributed by atoms with Crippen molar-refractivity contribution in [2.75, 3.05) is 19.7 Å². The van der Waals surface area contributed by atoms with E-state index < -0.39 is 16.0 Å². The fraction of sp³-hybridized carbons (Fsp3) is 0.417. The number of hydrogen-bond acceptors (Lipinski definition) is 5. The van der Waals surface area contributed by atoms with Crippen LogP contribution in [0.3, 0.4) is 0 Å². The molecule has 1 fully saturated rings. The number of ether oxygens (including phenoxy) is 1. The topological polar surface area (TPSA) is 80.8 Å². The van der Waals surface area contributed by atoms with Crippen LogP contribution in [0.15, 0.2) is 47.4 Å². The van der Waals surface area contributed by atoms with Gasteiger partial charge in [-0.05, 0) is 62.4 Å². The first-order chi connectivity index (χ1) is 14.8. The second-order valence-corrected chi connectivity index (χ2v) is 9.95. The molecule has 0 unspecified atom stereocenters. The summed E-state index contributed by atoms with van der Waals surface area (Å²) in [6.07, 6.45) is 3.40. The molecule has 1 heterocycles. The monoisotopic (exact) mass is 443 g/mol. The minimum atomic E-state index is -3.46. The number of carbonyl (C=O) groups excluding carboxylic acids is 2. The van der Waals surface area contributed by atoms with E-state index in [1.165, 1.54) is 4.31 Å². The number of nitrogens with zero attached hydrogens (tertiary/aromatic N) is 1. The highest BCUT2D eigenvalue weighted by Gasteiger charge is 2.25. The van der Waals surface area contributed by atoms with Crippen molar-refractivity contribution in [2.45, 2.75) is 50.8 Å². The lowest BCUT2D eigenvalue weighted by Crippen LogP contribution is -2.35. The normalized spacial score (nSPS) is 14.9. The number of carbonyl (C=O) groups is 2. The third-order valence-corrected chi connectivity index (χ3v) is 7.46. The molecule has 1 aliphatic rings. The van der Waals surface area contributed by atoms with Crippen LogP contribution in [0.25, 0.3) is 0 Å². The molecule has 0 bridgehead atoms. The number of sulfonamides is 1. The Morgan fingerprint density at radius 3 is 2.32 bits per heavy atom. The van der Waals surface area contributed by atoms with E-state index in [1.807, 2.05) is 26.0 Å². The van der Waals surface area contributed by atoms with Crippen molar-refractivity contribution in [2.24, 2.45) is 0 Å². The van der Waals surface area contributed by atoms with Gasteiger partial charge in [0.15, 0.2) is 6.61 Å². The van der Waals surface area contributed by atoms with Gasteiger partial charge in [-0.1, -0.05) is 36.2 Å². The fourth-order valence-corrected chi connectivity index (χ4v) is 5.18. The van der Waals surface area contributed by atoms with E-state index in [0.717, 1.165) is 36.0 Å². The molecule has 0 saturated carbocycles. The van der Waals surface area contributed by atoms with E-state index in [4.69, 9.17) is 4.74 Å². The molecule has 6 nitrogen and oxygen atoms in total. The Bertz CT molecular complexity index is 1040. The highest BCUT2D eigenvalue weighted by molar-refractivity contribution is 7.89. The summed E-state index contributed by atoms with van der Waals surface area (Å²) in [7, 11) is -3.46. The maximum absolute atomic E-state index is 12.7. The summed E-state index contributed by atoms with van der Waals surface area (Å²) >= 11 is 0. The van der Waals surface area contributed by atoms with Crippen LogP contribution >= 0.6 is 0 Å². The van der Waals surface area contributed by atoms with Crippen molar-refractivity contribution >= 4 is 21.8 Å². The van der Waals surface area contributed by atoms with Crippen molar-refractivity contribution in [1.82, 2.24) is 4.31 Å². The van der Waals surface area contributed by atoms with Crippen LogP contribution in [-0.4, -0.2) is 44.2 Å². The Hall–Kier alpha value is -2.51. The van der Waals surface area contributed by atoms with Gasteiger partial charge in [-0.15, -0.1) is 0 Å². The lowest BCUT2D eigenvalue weighted by Gasteiger charge is -2.25. The maximum atomic E-state index is 12.7. The van der Waals surface area contributed by atoms with E-state index in [-0.39, 0.29) is 23.7 Å². The van der Waals surface area contributed by atoms with E-state index >= 15 is 0 Å². The van der Waals surface area contributed by atoms with Gasteiger partial charge in [0, 0.05) is 25.1 Å². The quantitative estimate of drug-likeness (QED) is 0.457. The van der Waals surface area contributed by atoms with Crippen LogP contribution in [0.2, 0.25) is 0 Å². The van der Waals surface area contributed by atoms with Gasteiger partial charge in [-0.25, -0.2) is 8.42 Å². The number of benzene rings is 2. The Morgan fingerprint density at radius 1 is 0.968 bits per heavy atom. The van der Waals surface area contributed by atoms with Gasteiger partial charge in [0.2, 0.25) is 15.8 Å². The molecule has 0 atom stereocenters. The maximum Gasteiger partial charge on any atom is 0.306 e. The average molecular weight is 444 g/mol. The molecule has 31 heavy (non-hydrogen) atoms. The molecule has 0 amide bonds. The SMILES string of the molecule is Cc1ccc(C)c(C(=O)COC(=O)CCc2ccc(S(=O)(=O)N3CCCCC3)cc2)c1. The predicted octanol–water partition coefficient (Wildman–Crippen LogP) is 3.84. The second kappa shape index (κ2) is 10.2. The summed E-state index contributed by atoms with van der Waals surface area (Å²) < 4.78 is 32.1. The van der Waals surface area contributed by atoms with Crippen molar-refractivity contribution in [3.63, 3.8) is 0 Å². The van der Waals surface area contributed by atoms with Crippen molar-refractivity contribution in [1.29, 1.82) is 0 Å². The average Bonchev–Trinajstić information content (AvgIpc) is 2.78. The Kier molecular flexibility index (Phi) is 7.62. The molecular weight excluding hydrogens is 414 g/mol. The van der Waals surface area contributed by atoms with Crippen LogP contribution < -0.4 is 0 Å². The molecule has 3 rings (SSSR count). The summed E-state index contributed by atoms with van der Waals surface area (Å²) in [5.74, 6) is -0.675. The van der Waals surface area contributed by atoms with Crippen molar-refractivity contribution in [3.05, 3.63) is 64.7 Å². The summed E-state index contributed by atoms with van der Waals surface area (Å²) in [6, 6.07) is 12.2. The molecule has 2 aromatic rings. The van der Waals surface area contributed by atoms with Gasteiger partial charge in [-0.3, -0.25) is 9.59 Å².